The number of nitrogens with two attached hydrogens (primary N) is 1. The van der Waals surface area contributed by atoms with Gasteiger partial charge in [0.25, 0.3) is 0 Å². The van der Waals surface area contributed by atoms with Gasteiger partial charge in [0, 0.05) is 5.54 Å². The lowest BCUT2D eigenvalue weighted by atomic mass is 9.86. The third-order valence-corrected chi connectivity index (χ3v) is 3.45. The molecule has 2 aromatic rings. The van der Waals surface area contributed by atoms with Crippen LogP contribution >= 0.6 is 0 Å². The molecule has 0 radical (unpaired) electrons. The Labute approximate surface area is 125 Å². The van der Waals surface area contributed by atoms with Crippen molar-refractivity contribution in [1.82, 2.24) is 0 Å². The van der Waals surface area contributed by atoms with Gasteiger partial charge >= 0.3 is 0 Å². The van der Waals surface area contributed by atoms with E-state index in [9.17, 15) is 4.39 Å². The molecular formula is C18H22FNO. The zero-order valence-electron chi connectivity index (χ0n) is 12.6. The predicted molar refractivity (Wildman–Crippen MR) is 83.9 cm³/mol. The van der Waals surface area contributed by atoms with E-state index < -0.39 is 5.54 Å². The summed E-state index contributed by atoms with van der Waals surface area (Å²) in [4.78, 5) is 0. The van der Waals surface area contributed by atoms with E-state index in [1.165, 1.54) is 12.1 Å². The van der Waals surface area contributed by atoms with Crippen molar-refractivity contribution in [3.63, 3.8) is 0 Å². The molecule has 21 heavy (non-hydrogen) atoms. The standard InChI is InChI=1S/C18H22FNO/c1-3-11-21-17-9-7-15(8-10-17)18(2,20)13-14-5-4-6-16(19)12-14/h4-10,12H,3,11,13,20H2,1-2H3. The third-order valence-electron chi connectivity index (χ3n) is 3.45. The molecule has 0 saturated carbocycles. The lowest BCUT2D eigenvalue weighted by Crippen LogP contribution is -2.35. The van der Waals surface area contributed by atoms with Crippen LogP contribution in [0, 0.1) is 5.82 Å². The summed E-state index contributed by atoms with van der Waals surface area (Å²) in [5.74, 6) is 0.619. The SMILES string of the molecule is CCCOc1ccc(C(C)(N)Cc2cccc(F)c2)cc1. The molecule has 2 N–H and O–H groups in total. The van der Waals surface area contributed by atoms with E-state index >= 15 is 0 Å². The fourth-order valence-corrected chi connectivity index (χ4v) is 2.32. The lowest BCUT2D eigenvalue weighted by molar-refractivity contribution is 0.317. The first kappa shape index (κ1) is 15.5. The fourth-order valence-electron chi connectivity index (χ4n) is 2.32. The number of benzene rings is 2. The van der Waals surface area contributed by atoms with Crippen LogP contribution < -0.4 is 10.5 Å². The summed E-state index contributed by atoms with van der Waals surface area (Å²) in [7, 11) is 0. The molecule has 0 aliphatic rings. The van der Waals surface area contributed by atoms with Crippen LogP contribution in [-0.2, 0) is 12.0 Å². The average molecular weight is 287 g/mol. The van der Waals surface area contributed by atoms with Crippen LogP contribution in [0.3, 0.4) is 0 Å². The normalized spacial score (nSPS) is 13.7. The summed E-state index contributed by atoms with van der Waals surface area (Å²) >= 11 is 0. The van der Waals surface area contributed by atoms with E-state index in [0.29, 0.717) is 13.0 Å². The molecule has 0 bridgehead atoms. The summed E-state index contributed by atoms with van der Waals surface area (Å²) in [6.45, 7) is 4.74. The highest BCUT2D eigenvalue weighted by molar-refractivity contribution is 5.33. The Bertz CT molecular complexity index is 578. The van der Waals surface area contributed by atoms with E-state index in [1.807, 2.05) is 37.3 Å². The first-order valence-corrected chi connectivity index (χ1v) is 7.28. The van der Waals surface area contributed by atoms with Gasteiger partial charge in [0.1, 0.15) is 11.6 Å². The molecule has 2 aromatic carbocycles. The molecule has 2 rings (SSSR count). The number of hydrogen-bond donors (Lipinski definition) is 1. The number of hydrogen-bond acceptors (Lipinski definition) is 2. The molecule has 0 aromatic heterocycles. The van der Waals surface area contributed by atoms with Gasteiger partial charge in [0.05, 0.1) is 6.61 Å². The maximum absolute atomic E-state index is 13.3. The Morgan fingerprint density at radius 1 is 1.14 bits per heavy atom. The largest absolute Gasteiger partial charge is 0.494 e. The van der Waals surface area contributed by atoms with Gasteiger partial charge in [-0.15, -0.1) is 0 Å². The van der Waals surface area contributed by atoms with Gasteiger partial charge in [-0.1, -0.05) is 31.2 Å². The minimum Gasteiger partial charge on any atom is -0.494 e. The molecule has 0 spiro atoms. The van der Waals surface area contributed by atoms with E-state index in [2.05, 4.69) is 6.92 Å². The summed E-state index contributed by atoms with van der Waals surface area (Å²) in [5.41, 5.74) is 7.77. The molecule has 0 aliphatic carbocycles. The Hall–Kier alpha value is -1.87. The quantitative estimate of drug-likeness (QED) is 0.870. The molecular weight excluding hydrogens is 265 g/mol. The molecule has 2 nitrogen and oxygen atoms in total. The van der Waals surface area contributed by atoms with Gasteiger partial charge in [-0.2, -0.15) is 0 Å². The molecule has 1 atom stereocenters. The molecule has 0 fully saturated rings. The van der Waals surface area contributed by atoms with Crippen molar-refractivity contribution >= 4 is 0 Å². The van der Waals surface area contributed by atoms with Crippen molar-refractivity contribution in [3.05, 3.63) is 65.5 Å². The topological polar surface area (TPSA) is 35.2 Å². The van der Waals surface area contributed by atoms with Crippen molar-refractivity contribution in [2.45, 2.75) is 32.2 Å². The van der Waals surface area contributed by atoms with Gasteiger partial charge < -0.3 is 10.5 Å². The highest BCUT2D eigenvalue weighted by atomic mass is 19.1. The van der Waals surface area contributed by atoms with Gasteiger partial charge in [0.2, 0.25) is 0 Å². The summed E-state index contributed by atoms with van der Waals surface area (Å²) in [6, 6.07) is 14.4. The van der Waals surface area contributed by atoms with Crippen LogP contribution in [0.5, 0.6) is 5.75 Å². The van der Waals surface area contributed by atoms with Gasteiger partial charge in [-0.25, -0.2) is 4.39 Å². The lowest BCUT2D eigenvalue weighted by Gasteiger charge is -2.25. The van der Waals surface area contributed by atoms with Crippen LogP contribution in [0.2, 0.25) is 0 Å². The zero-order valence-corrected chi connectivity index (χ0v) is 12.6. The van der Waals surface area contributed by atoms with Crippen molar-refractivity contribution in [2.24, 2.45) is 5.73 Å². The Kier molecular flexibility index (Phi) is 4.97. The van der Waals surface area contributed by atoms with Gasteiger partial charge in [0.15, 0.2) is 0 Å². The van der Waals surface area contributed by atoms with Crippen molar-refractivity contribution in [1.29, 1.82) is 0 Å². The molecule has 0 heterocycles. The minimum absolute atomic E-state index is 0.230. The van der Waals surface area contributed by atoms with E-state index in [-0.39, 0.29) is 5.82 Å². The van der Waals surface area contributed by atoms with Crippen LogP contribution in [0.25, 0.3) is 0 Å². The second-order valence-electron chi connectivity index (χ2n) is 5.60. The monoisotopic (exact) mass is 287 g/mol. The smallest absolute Gasteiger partial charge is 0.123 e. The number of halogens is 1. The van der Waals surface area contributed by atoms with E-state index in [1.54, 1.807) is 6.07 Å². The first-order chi connectivity index (χ1) is 10.0. The van der Waals surface area contributed by atoms with Crippen LogP contribution in [0.15, 0.2) is 48.5 Å². The number of ether oxygens (including phenoxy) is 1. The molecule has 0 amide bonds. The molecule has 1 unspecified atom stereocenters. The van der Waals surface area contributed by atoms with Crippen molar-refractivity contribution < 1.29 is 9.13 Å². The molecule has 3 heteroatoms. The maximum atomic E-state index is 13.3. The minimum atomic E-state index is -0.545. The van der Waals surface area contributed by atoms with E-state index in [0.717, 1.165) is 23.3 Å². The second kappa shape index (κ2) is 6.72. The maximum Gasteiger partial charge on any atom is 0.123 e. The van der Waals surface area contributed by atoms with Crippen molar-refractivity contribution in [3.8, 4) is 5.75 Å². The fraction of sp³-hybridized carbons (Fsp3) is 0.333. The molecule has 112 valence electrons. The Morgan fingerprint density at radius 3 is 2.48 bits per heavy atom. The highest BCUT2D eigenvalue weighted by Gasteiger charge is 2.21. The molecule has 0 saturated heterocycles. The van der Waals surface area contributed by atoms with Crippen LogP contribution in [0.4, 0.5) is 4.39 Å². The summed E-state index contributed by atoms with van der Waals surface area (Å²) in [5, 5.41) is 0. The summed E-state index contributed by atoms with van der Waals surface area (Å²) in [6.07, 6.45) is 1.57. The zero-order chi connectivity index (χ0) is 15.3. The van der Waals surface area contributed by atoms with Gasteiger partial charge in [-0.05, 0) is 55.2 Å². The second-order valence-corrected chi connectivity index (χ2v) is 5.60. The van der Waals surface area contributed by atoms with E-state index in [4.69, 9.17) is 10.5 Å². The molecule has 0 aliphatic heterocycles. The highest BCUT2D eigenvalue weighted by Crippen LogP contribution is 2.25. The first-order valence-electron chi connectivity index (χ1n) is 7.28. The van der Waals surface area contributed by atoms with Gasteiger partial charge in [-0.3, -0.25) is 0 Å². The van der Waals surface area contributed by atoms with Crippen LogP contribution in [-0.4, -0.2) is 6.61 Å². The van der Waals surface area contributed by atoms with Crippen LogP contribution in [0.1, 0.15) is 31.4 Å². The third kappa shape index (κ3) is 4.30. The van der Waals surface area contributed by atoms with Crippen molar-refractivity contribution in [2.75, 3.05) is 6.61 Å². The summed E-state index contributed by atoms with van der Waals surface area (Å²) < 4.78 is 18.8. The average Bonchev–Trinajstić information content (AvgIpc) is 2.45. The predicted octanol–water partition coefficient (Wildman–Crippen LogP) is 4.03. The number of rotatable bonds is 6. The Morgan fingerprint density at radius 2 is 1.86 bits per heavy atom. The Balaban J connectivity index is 2.11.